The van der Waals surface area contributed by atoms with Gasteiger partial charge in [-0.2, -0.15) is 0 Å². The second kappa shape index (κ2) is 18.0. The highest BCUT2D eigenvalue weighted by atomic mass is 16.5. The minimum absolute atomic E-state index is 0.0886. The standard InChI is InChI=1S/C41H43N7O7/c1-3-23-46(26-28-15-19-32(20-16-28)54-30-11-7-5-8-12-30)38(50)35-25-34(37(49)42-40-43-44-45-48(40)41(52)53)36(35)39(51)47(24-4-2)27-29-17-21-33(22-18-29)55-31-13-9-6-10-14-31/h5-22,34-36H,3-4,23-27H2,1-2H3,(H,52,53)(H,42,43,45,49). The number of hydrogen-bond acceptors (Lipinski definition) is 9. The molecule has 14 nitrogen and oxygen atoms in total. The lowest BCUT2D eigenvalue weighted by molar-refractivity contribution is -0.161. The smallest absolute Gasteiger partial charge is 0.436 e. The molecule has 0 aliphatic heterocycles. The molecule has 1 heterocycles. The number of amides is 3. The van der Waals surface area contributed by atoms with E-state index in [1.54, 1.807) is 9.80 Å². The van der Waals surface area contributed by atoms with Crippen molar-refractivity contribution in [3.63, 3.8) is 0 Å². The van der Waals surface area contributed by atoms with E-state index in [1.807, 2.05) is 123 Å². The van der Waals surface area contributed by atoms with Gasteiger partial charge in [0.25, 0.3) is 5.95 Å². The topological polar surface area (TPSA) is 169 Å². The molecule has 0 bridgehead atoms. The van der Waals surface area contributed by atoms with Crippen molar-refractivity contribution in [2.75, 3.05) is 18.4 Å². The van der Waals surface area contributed by atoms with E-state index in [9.17, 15) is 24.3 Å². The molecule has 284 valence electrons. The zero-order valence-corrected chi connectivity index (χ0v) is 30.7. The van der Waals surface area contributed by atoms with E-state index in [2.05, 4.69) is 20.8 Å². The summed E-state index contributed by atoms with van der Waals surface area (Å²) in [5, 5.41) is 22.3. The van der Waals surface area contributed by atoms with Crippen LogP contribution in [0, 0.1) is 17.8 Å². The molecular weight excluding hydrogens is 702 g/mol. The Kier molecular flexibility index (Phi) is 12.5. The number of hydrogen-bond donors (Lipinski definition) is 2. The van der Waals surface area contributed by atoms with Gasteiger partial charge in [-0.05, 0) is 89.3 Å². The van der Waals surface area contributed by atoms with E-state index in [4.69, 9.17) is 9.47 Å². The van der Waals surface area contributed by atoms with Gasteiger partial charge >= 0.3 is 6.09 Å². The highest BCUT2D eigenvalue weighted by Gasteiger charge is 2.54. The number of rotatable bonds is 16. The largest absolute Gasteiger partial charge is 0.463 e. The molecule has 1 saturated carbocycles. The molecule has 0 saturated heterocycles. The van der Waals surface area contributed by atoms with Crippen molar-refractivity contribution < 1.29 is 33.8 Å². The van der Waals surface area contributed by atoms with Gasteiger partial charge in [0, 0.05) is 26.2 Å². The highest BCUT2D eigenvalue weighted by molar-refractivity contribution is 6.00. The molecule has 1 aromatic heterocycles. The average molecular weight is 746 g/mol. The molecule has 14 heteroatoms. The summed E-state index contributed by atoms with van der Waals surface area (Å²) < 4.78 is 12.3. The number of nitrogens with one attached hydrogen (secondary N) is 1. The third-order valence-electron chi connectivity index (χ3n) is 9.36. The van der Waals surface area contributed by atoms with E-state index in [-0.39, 0.29) is 24.8 Å². The summed E-state index contributed by atoms with van der Waals surface area (Å²) in [4.78, 5) is 57.6. The molecule has 4 aromatic carbocycles. The van der Waals surface area contributed by atoms with Crippen LogP contribution in [0.25, 0.3) is 0 Å². The number of anilines is 1. The Morgan fingerprint density at radius 1 is 0.691 bits per heavy atom. The van der Waals surface area contributed by atoms with E-state index in [1.165, 1.54) is 0 Å². The third kappa shape index (κ3) is 9.51. The number of carbonyl (C=O) groups is 4. The Balaban J connectivity index is 1.21. The van der Waals surface area contributed by atoms with Crippen LogP contribution in [0.1, 0.15) is 44.2 Å². The van der Waals surface area contributed by atoms with Gasteiger partial charge in [-0.15, -0.1) is 4.68 Å². The van der Waals surface area contributed by atoms with Crippen molar-refractivity contribution in [2.45, 2.75) is 46.2 Å². The van der Waals surface area contributed by atoms with Crippen molar-refractivity contribution in [3.8, 4) is 23.0 Å². The fourth-order valence-electron chi connectivity index (χ4n) is 6.65. The maximum atomic E-state index is 14.6. The zero-order valence-electron chi connectivity index (χ0n) is 30.7. The predicted molar refractivity (Wildman–Crippen MR) is 202 cm³/mol. The van der Waals surface area contributed by atoms with Gasteiger partial charge in [-0.3, -0.25) is 19.7 Å². The van der Waals surface area contributed by atoms with Gasteiger partial charge in [-0.25, -0.2) is 4.79 Å². The Bertz CT molecular complexity index is 2060. The van der Waals surface area contributed by atoms with E-state index in [0.29, 0.717) is 60.2 Å². The van der Waals surface area contributed by atoms with Gasteiger partial charge in [0.2, 0.25) is 17.7 Å². The summed E-state index contributed by atoms with van der Waals surface area (Å²) in [5.41, 5.74) is 1.73. The zero-order chi connectivity index (χ0) is 38.7. The highest BCUT2D eigenvalue weighted by Crippen LogP contribution is 2.44. The molecule has 55 heavy (non-hydrogen) atoms. The Hall–Kier alpha value is -6.57. The fourth-order valence-corrected chi connectivity index (χ4v) is 6.65. The molecule has 3 amide bonds. The second-order valence-electron chi connectivity index (χ2n) is 13.3. The monoisotopic (exact) mass is 745 g/mol. The quantitative estimate of drug-likeness (QED) is 0.102. The van der Waals surface area contributed by atoms with Crippen LogP contribution in [0.15, 0.2) is 109 Å². The Labute approximate surface area is 318 Å². The van der Waals surface area contributed by atoms with Crippen LogP contribution in [0.2, 0.25) is 0 Å². The molecule has 6 rings (SSSR count). The normalized spacial score (nSPS) is 16.0. The van der Waals surface area contributed by atoms with Crippen molar-refractivity contribution in [1.29, 1.82) is 0 Å². The van der Waals surface area contributed by atoms with Crippen molar-refractivity contribution in [3.05, 3.63) is 120 Å². The predicted octanol–water partition coefficient (Wildman–Crippen LogP) is 6.85. The summed E-state index contributed by atoms with van der Waals surface area (Å²) >= 11 is 0. The summed E-state index contributed by atoms with van der Waals surface area (Å²) in [5.74, 6) is -1.62. The van der Waals surface area contributed by atoms with Crippen LogP contribution in [-0.4, -0.2) is 72.0 Å². The first-order valence-corrected chi connectivity index (χ1v) is 18.3. The average Bonchev–Trinajstić information content (AvgIpc) is 3.65. The first-order valence-electron chi connectivity index (χ1n) is 18.3. The molecule has 3 unspecified atom stereocenters. The number of ether oxygens (including phenoxy) is 2. The van der Waals surface area contributed by atoms with Crippen LogP contribution >= 0.6 is 0 Å². The van der Waals surface area contributed by atoms with Gasteiger partial charge in [0.1, 0.15) is 23.0 Å². The lowest BCUT2D eigenvalue weighted by Crippen LogP contribution is -2.57. The molecule has 0 spiro atoms. The molecular formula is C41H43N7O7. The van der Waals surface area contributed by atoms with Crippen molar-refractivity contribution in [2.24, 2.45) is 17.8 Å². The summed E-state index contributed by atoms with van der Waals surface area (Å²) in [7, 11) is 0. The number of aromatic nitrogens is 4. The summed E-state index contributed by atoms with van der Waals surface area (Å²) in [6.45, 7) is 5.31. The van der Waals surface area contributed by atoms with Gasteiger partial charge in [0.15, 0.2) is 0 Å². The molecule has 3 atom stereocenters. The minimum Gasteiger partial charge on any atom is -0.463 e. The number of carboxylic acid groups (broad SMARTS) is 1. The van der Waals surface area contributed by atoms with Gasteiger partial charge in [-0.1, -0.05) is 79.6 Å². The van der Waals surface area contributed by atoms with Crippen LogP contribution < -0.4 is 14.8 Å². The van der Waals surface area contributed by atoms with E-state index in [0.717, 1.165) is 11.1 Å². The van der Waals surface area contributed by atoms with Crippen LogP contribution in [0.5, 0.6) is 23.0 Å². The molecule has 5 aromatic rings. The van der Waals surface area contributed by atoms with Crippen LogP contribution in [0.4, 0.5) is 10.7 Å². The maximum Gasteiger partial charge on any atom is 0.436 e. The lowest BCUT2D eigenvalue weighted by atomic mass is 9.62. The first-order chi connectivity index (χ1) is 26.7. The van der Waals surface area contributed by atoms with Crippen LogP contribution in [0.3, 0.4) is 0 Å². The van der Waals surface area contributed by atoms with Crippen LogP contribution in [-0.2, 0) is 27.5 Å². The van der Waals surface area contributed by atoms with E-state index < -0.39 is 35.7 Å². The number of para-hydroxylation sites is 2. The first kappa shape index (κ1) is 38.2. The molecule has 1 fully saturated rings. The fraction of sp³-hybridized carbons (Fsp3) is 0.293. The van der Waals surface area contributed by atoms with Crippen molar-refractivity contribution >= 4 is 29.8 Å². The van der Waals surface area contributed by atoms with Gasteiger partial charge in [0.05, 0.1) is 17.8 Å². The Morgan fingerprint density at radius 2 is 1.16 bits per heavy atom. The second-order valence-corrected chi connectivity index (χ2v) is 13.3. The maximum absolute atomic E-state index is 14.6. The van der Waals surface area contributed by atoms with Gasteiger partial charge < -0.3 is 24.4 Å². The number of tetrazole rings is 1. The SMILES string of the molecule is CCCN(Cc1ccc(Oc2ccccc2)cc1)C(=O)C1CC(C(=O)Nc2nnnn2C(=O)O)C1C(=O)N(CCC)Cc1ccc(Oc2ccccc2)cc1. The number of carbonyl (C=O) groups excluding carboxylic acids is 3. The molecule has 1 aliphatic carbocycles. The van der Waals surface area contributed by atoms with Crippen molar-refractivity contribution in [1.82, 2.24) is 30.0 Å². The number of benzene rings is 4. The lowest BCUT2D eigenvalue weighted by Gasteiger charge is -2.45. The minimum atomic E-state index is -1.49. The number of nitrogens with zero attached hydrogens (tertiary/aromatic N) is 6. The van der Waals surface area contributed by atoms with E-state index >= 15 is 0 Å². The summed E-state index contributed by atoms with van der Waals surface area (Å²) in [6.07, 6.45) is -0.0768. The third-order valence-corrected chi connectivity index (χ3v) is 9.36. The summed E-state index contributed by atoms with van der Waals surface area (Å²) in [6, 6.07) is 33.8. The molecule has 0 radical (unpaired) electrons. The molecule has 1 aliphatic rings. The molecule has 2 N–H and O–H groups in total. The Morgan fingerprint density at radius 3 is 1.64 bits per heavy atom.